The Bertz CT molecular complexity index is 1280. The molecule has 1 aliphatic heterocycles. The smallest absolute Gasteiger partial charge is 0.296 e. The van der Waals surface area contributed by atoms with E-state index >= 15 is 0 Å². The van der Waals surface area contributed by atoms with Crippen molar-refractivity contribution in [2.75, 3.05) is 13.2 Å². The Hall–Kier alpha value is -3.89. The van der Waals surface area contributed by atoms with Gasteiger partial charge in [0, 0.05) is 25.7 Å². The second kappa shape index (κ2) is 10.6. The fraction of sp³-hybridized carbons (Fsp3) is 0.280. The van der Waals surface area contributed by atoms with E-state index < -0.39 is 34.8 Å². The third-order valence-corrected chi connectivity index (χ3v) is 5.84. The molecule has 2 aromatic carbocycles. The van der Waals surface area contributed by atoms with Crippen molar-refractivity contribution in [3.8, 4) is 5.75 Å². The normalized spacial score (nSPS) is 15.8. The number of carbonyl (C=O) groups is 2. The van der Waals surface area contributed by atoms with Gasteiger partial charge in [-0.05, 0) is 30.5 Å². The number of carbonyl (C=O) groups excluding carboxylic acids is 2. The van der Waals surface area contributed by atoms with Crippen molar-refractivity contribution in [1.82, 2.24) is 19.9 Å². The van der Waals surface area contributed by atoms with Gasteiger partial charge in [-0.2, -0.15) is 5.06 Å². The van der Waals surface area contributed by atoms with Gasteiger partial charge in [0.1, 0.15) is 18.2 Å². The summed E-state index contributed by atoms with van der Waals surface area (Å²) in [4.78, 5) is 47.9. The van der Waals surface area contributed by atoms with Crippen LogP contribution in [0.5, 0.6) is 5.75 Å². The quantitative estimate of drug-likeness (QED) is 0.476. The number of hydrogen-bond donors (Lipinski definition) is 2. The number of ketones is 1. The van der Waals surface area contributed by atoms with E-state index in [1.807, 2.05) is 6.07 Å². The number of aromatic hydroxyl groups is 1. The molecule has 1 aliphatic rings. The zero-order chi connectivity index (χ0) is 24.9. The van der Waals surface area contributed by atoms with E-state index in [9.17, 15) is 23.9 Å². The van der Waals surface area contributed by atoms with E-state index in [2.05, 4.69) is 10.3 Å². The molecule has 3 aromatic rings. The van der Waals surface area contributed by atoms with Gasteiger partial charge in [-0.25, -0.2) is 9.37 Å². The molecule has 182 valence electrons. The maximum absolute atomic E-state index is 13.1. The number of Topliss-reactive ketones (excluding diaryl/α,β-unsaturated/α-hetero) is 1. The molecule has 0 radical (unpaired) electrons. The summed E-state index contributed by atoms with van der Waals surface area (Å²) in [5.41, 5.74) is -0.00756. The Morgan fingerprint density at radius 3 is 2.60 bits per heavy atom. The number of benzene rings is 2. The lowest BCUT2D eigenvalue weighted by molar-refractivity contribution is -0.161. The van der Waals surface area contributed by atoms with Gasteiger partial charge in [-0.3, -0.25) is 23.8 Å². The van der Waals surface area contributed by atoms with Crippen LogP contribution in [0.1, 0.15) is 51.1 Å². The second-order valence-corrected chi connectivity index (χ2v) is 8.20. The van der Waals surface area contributed by atoms with E-state index in [0.29, 0.717) is 24.1 Å². The van der Waals surface area contributed by atoms with Crippen molar-refractivity contribution >= 4 is 11.7 Å². The number of nitrogens with zero attached hydrogens (tertiary/aromatic N) is 3. The van der Waals surface area contributed by atoms with Crippen LogP contribution in [0.15, 0.2) is 59.4 Å². The first-order valence-electron chi connectivity index (χ1n) is 11.2. The molecule has 4 rings (SSSR count). The van der Waals surface area contributed by atoms with E-state index in [4.69, 9.17) is 4.84 Å². The molecule has 0 spiro atoms. The summed E-state index contributed by atoms with van der Waals surface area (Å²) in [6.45, 7) is 0.387. The summed E-state index contributed by atoms with van der Waals surface area (Å²) >= 11 is 0. The van der Waals surface area contributed by atoms with Gasteiger partial charge in [0.2, 0.25) is 5.75 Å². The Balaban J connectivity index is 1.51. The van der Waals surface area contributed by atoms with Crippen molar-refractivity contribution in [3.05, 3.63) is 93.4 Å². The molecule has 1 atom stereocenters. The molecule has 1 saturated heterocycles. The van der Waals surface area contributed by atoms with Crippen LogP contribution in [-0.2, 0) is 18.4 Å². The summed E-state index contributed by atoms with van der Waals surface area (Å²) in [5, 5.41) is 14.5. The highest BCUT2D eigenvalue weighted by Crippen LogP contribution is 2.31. The average molecular weight is 480 g/mol. The minimum atomic E-state index is -0.769. The van der Waals surface area contributed by atoms with Gasteiger partial charge in [-0.1, -0.05) is 42.5 Å². The van der Waals surface area contributed by atoms with Crippen molar-refractivity contribution in [2.24, 2.45) is 7.05 Å². The Morgan fingerprint density at radius 1 is 1.17 bits per heavy atom. The average Bonchev–Trinajstić information content (AvgIpc) is 3.34. The molecule has 0 saturated carbocycles. The van der Waals surface area contributed by atoms with Crippen LogP contribution in [0, 0.1) is 5.82 Å². The molecular formula is C25H25FN4O5. The van der Waals surface area contributed by atoms with Gasteiger partial charge in [0.15, 0.2) is 11.5 Å². The summed E-state index contributed by atoms with van der Waals surface area (Å²) in [6.07, 6.45) is 1.31. The third-order valence-electron chi connectivity index (χ3n) is 5.84. The first-order valence-corrected chi connectivity index (χ1v) is 11.2. The number of rotatable bonds is 8. The molecule has 0 aliphatic carbocycles. The lowest BCUT2D eigenvalue weighted by Gasteiger charge is -2.25. The molecule has 9 nitrogen and oxygen atoms in total. The fourth-order valence-electron chi connectivity index (χ4n) is 3.93. The maximum atomic E-state index is 13.1. The molecule has 2 N–H and O–H groups in total. The molecule has 1 fully saturated rings. The number of amides is 1. The minimum Gasteiger partial charge on any atom is -0.501 e. The molecular weight excluding hydrogens is 455 g/mol. The highest BCUT2D eigenvalue weighted by Gasteiger charge is 2.33. The number of hydroxylamine groups is 2. The number of aromatic nitrogens is 2. The molecule has 2 heterocycles. The highest BCUT2D eigenvalue weighted by atomic mass is 19.1. The minimum absolute atomic E-state index is 0.0606. The van der Waals surface area contributed by atoms with Crippen LogP contribution >= 0.6 is 0 Å². The van der Waals surface area contributed by atoms with Gasteiger partial charge < -0.3 is 10.4 Å². The number of hydrogen-bond acceptors (Lipinski definition) is 7. The van der Waals surface area contributed by atoms with Crippen LogP contribution in [-0.4, -0.2) is 44.6 Å². The molecule has 35 heavy (non-hydrogen) atoms. The van der Waals surface area contributed by atoms with Crippen molar-refractivity contribution in [3.63, 3.8) is 0 Å². The summed E-state index contributed by atoms with van der Waals surface area (Å²) in [6, 6.07) is 13.8. The topological polar surface area (TPSA) is 114 Å². The molecule has 10 heteroatoms. The van der Waals surface area contributed by atoms with Crippen LogP contribution in [0.25, 0.3) is 0 Å². The van der Waals surface area contributed by atoms with Gasteiger partial charge in [-0.15, -0.1) is 0 Å². The zero-order valence-electron chi connectivity index (χ0n) is 19.1. The monoisotopic (exact) mass is 480 g/mol. The van der Waals surface area contributed by atoms with Gasteiger partial charge in [0.25, 0.3) is 11.5 Å². The summed E-state index contributed by atoms with van der Waals surface area (Å²) in [7, 11) is 1.45. The summed E-state index contributed by atoms with van der Waals surface area (Å²) in [5.74, 6) is -1.86. The first-order chi connectivity index (χ1) is 16.8. The maximum Gasteiger partial charge on any atom is 0.296 e. The van der Waals surface area contributed by atoms with Crippen LogP contribution in [0.2, 0.25) is 0 Å². The Kier molecular flexibility index (Phi) is 7.33. The molecule has 0 unspecified atom stereocenters. The zero-order valence-corrected chi connectivity index (χ0v) is 19.1. The number of nitrogens with one attached hydrogen (secondary N) is 1. The Labute approximate surface area is 200 Å². The van der Waals surface area contributed by atoms with E-state index in [1.165, 1.54) is 35.9 Å². The van der Waals surface area contributed by atoms with E-state index in [-0.39, 0.29) is 24.8 Å². The van der Waals surface area contributed by atoms with Crippen LogP contribution in [0.3, 0.4) is 0 Å². The standard InChI is InChI=1S/C25H25FN4O5/c1-29-23(19-8-5-13-30(19)35-15-20(31)17-6-3-2-4-7-17)28-21(22(32)25(29)34)24(33)27-14-16-9-11-18(26)12-10-16/h2-4,6-7,9-12,19,32H,5,8,13-15H2,1H3,(H,27,33)/t19-/m1/s1. The Morgan fingerprint density at radius 2 is 1.89 bits per heavy atom. The predicted molar refractivity (Wildman–Crippen MR) is 124 cm³/mol. The molecule has 1 aromatic heterocycles. The largest absolute Gasteiger partial charge is 0.501 e. The van der Waals surface area contributed by atoms with Crippen molar-refractivity contribution in [2.45, 2.75) is 25.4 Å². The number of halogens is 1. The summed E-state index contributed by atoms with van der Waals surface area (Å²) < 4.78 is 14.3. The lowest BCUT2D eigenvalue weighted by Crippen LogP contribution is -2.34. The molecule has 1 amide bonds. The van der Waals surface area contributed by atoms with Gasteiger partial charge in [0.05, 0.1) is 6.04 Å². The van der Waals surface area contributed by atoms with Crippen LogP contribution in [0.4, 0.5) is 4.39 Å². The van der Waals surface area contributed by atoms with Crippen molar-refractivity contribution < 1.29 is 23.9 Å². The predicted octanol–water partition coefficient (Wildman–Crippen LogP) is 2.51. The van der Waals surface area contributed by atoms with Crippen molar-refractivity contribution in [1.29, 1.82) is 0 Å². The van der Waals surface area contributed by atoms with E-state index in [0.717, 1.165) is 6.42 Å². The SMILES string of the molecule is Cn1c([C@H]2CCCN2OCC(=O)c2ccccc2)nc(C(=O)NCc2ccc(F)cc2)c(O)c1=O. The first kappa shape index (κ1) is 24.2. The highest BCUT2D eigenvalue weighted by molar-refractivity contribution is 5.97. The molecule has 0 bridgehead atoms. The van der Waals surface area contributed by atoms with Gasteiger partial charge >= 0.3 is 0 Å². The van der Waals surface area contributed by atoms with Crippen LogP contribution < -0.4 is 10.9 Å². The second-order valence-electron chi connectivity index (χ2n) is 8.20. The van der Waals surface area contributed by atoms with E-state index in [1.54, 1.807) is 29.3 Å². The third kappa shape index (κ3) is 5.44. The lowest BCUT2D eigenvalue weighted by atomic mass is 10.1. The fourth-order valence-corrected chi connectivity index (χ4v) is 3.93.